The zero-order valence-electron chi connectivity index (χ0n) is 12.5. The van der Waals surface area contributed by atoms with E-state index in [4.69, 9.17) is 4.63 Å². The van der Waals surface area contributed by atoms with Gasteiger partial charge in [-0.2, -0.15) is 0 Å². The molecule has 0 amide bonds. The lowest BCUT2D eigenvalue weighted by molar-refractivity contribution is 0.315. The van der Waals surface area contributed by atoms with Crippen LogP contribution in [0.2, 0.25) is 0 Å². The molecule has 0 aliphatic carbocycles. The van der Waals surface area contributed by atoms with Crippen LogP contribution < -0.4 is 5.32 Å². The van der Waals surface area contributed by atoms with Gasteiger partial charge in [-0.25, -0.2) is 17.4 Å². The van der Waals surface area contributed by atoms with Crippen molar-refractivity contribution in [2.24, 2.45) is 0 Å². The first-order valence-electron chi connectivity index (χ1n) is 6.40. The Kier molecular flexibility index (Phi) is 4.45. The Morgan fingerprint density at radius 1 is 1.14 bits per heavy atom. The number of benzene rings is 1. The quantitative estimate of drug-likeness (QED) is 0.827. The summed E-state index contributed by atoms with van der Waals surface area (Å²) in [5.41, 5.74) is 1.35. The molecule has 1 aromatic carbocycles. The van der Waals surface area contributed by atoms with E-state index in [1.165, 1.54) is 20.2 Å². The lowest BCUT2D eigenvalue weighted by atomic mass is 10.2. The van der Waals surface area contributed by atoms with Gasteiger partial charge >= 0.3 is 0 Å². The Balaban J connectivity index is 2.40. The highest BCUT2D eigenvalue weighted by molar-refractivity contribution is 7.89. The van der Waals surface area contributed by atoms with E-state index in [-0.39, 0.29) is 10.4 Å². The number of nitrogens with one attached hydrogen (secondary N) is 1. The highest BCUT2D eigenvalue weighted by atomic mass is 32.2. The van der Waals surface area contributed by atoms with Crippen LogP contribution in [0.25, 0.3) is 11.0 Å². The molecule has 21 heavy (non-hydrogen) atoms. The minimum Gasteiger partial charge on any atom is -0.382 e. The predicted molar refractivity (Wildman–Crippen MR) is 79.7 cm³/mol. The van der Waals surface area contributed by atoms with Gasteiger partial charge in [0.15, 0.2) is 11.0 Å². The Bertz CT molecular complexity index is 724. The molecule has 1 aromatic heterocycles. The minimum atomic E-state index is -3.59. The van der Waals surface area contributed by atoms with Crippen LogP contribution >= 0.6 is 0 Å². The van der Waals surface area contributed by atoms with Crippen molar-refractivity contribution in [1.82, 2.24) is 19.5 Å². The zero-order chi connectivity index (χ0) is 15.6. The van der Waals surface area contributed by atoms with E-state index in [2.05, 4.69) is 15.6 Å². The molecular weight excluding hydrogens is 294 g/mol. The monoisotopic (exact) mass is 313 g/mol. The summed E-state index contributed by atoms with van der Waals surface area (Å²) >= 11 is 0. The van der Waals surface area contributed by atoms with Gasteiger partial charge in [-0.15, -0.1) is 0 Å². The fourth-order valence-electron chi connectivity index (χ4n) is 1.81. The van der Waals surface area contributed by atoms with Crippen molar-refractivity contribution in [3.05, 3.63) is 12.1 Å². The summed E-state index contributed by atoms with van der Waals surface area (Å²) in [7, 11) is 3.30. The molecule has 0 bridgehead atoms. The van der Waals surface area contributed by atoms with Crippen molar-refractivity contribution in [3.63, 3.8) is 0 Å². The van der Waals surface area contributed by atoms with Crippen LogP contribution in [0.4, 0.5) is 5.69 Å². The largest absolute Gasteiger partial charge is 0.382 e. The molecule has 0 spiro atoms. The van der Waals surface area contributed by atoms with Crippen molar-refractivity contribution < 1.29 is 13.0 Å². The van der Waals surface area contributed by atoms with E-state index in [1.54, 1.807) is 6.07 Å². The average Bonchev–Trinajstić information content (AvgIpc) is 2.87. The Morgan fingerprint density at radius 2 is 1.81 bits per heavy atom. The molecule has 0 fully saturated rings. The third-order valence-electron chi connectivity index (χ3n) is 3.01. The molecular formula is C12H19N5O3S. The lowest BCUT2D eigenvalue weighted by Crippen LogP contribution is -2.23. The number of rotatable bonds is 6. The smallest absolute Gasteiger partial charge is 0.244 e. The molecule has 1 N–H and O–H groups in total. The van der Waals surface area contributed by atoms with Gasteiger partial charge in [0, 0.05) is 27.2 Å². The summed E-state index contributed by atoms with van der Waals surface area (Å²) in [6.45, 7) is 1.54. The van der Waals surface area contributed by atoms with Gasteiger partial charge in [0.25, 0.3) is 0 Å². The molecule has 116 valence electrons. The number of anilines is 1. The maximum atomic E-state index is 12.2. The number of hydrogen-bond acceptors (Lipinski definition) is 7. The summed E-state index contributed by atoms with van der Waals surface area (Å²) in [5.74, 6) is 0. The van der Waals surface area contributed by atoms with E-state index in [1.807, 2.05) is 19.0 Å². The molecule has 0 saturated heterocycles. The van der Waals surface area contributed by atoms with Crippen LogP contribution in [0.15, 0.2) is 21.7 Å². The first-order chi connectivity index (χ1) is 9.84. The maximum Gasteiger partial charge on any atom is 0.244 e. The number of nitrogens with zero attached hydrogens (tertiary/aromatic N) is 4. The summed E-state index contributed by atoms with van der Waals surface area (Å²) in [4.78, 5) is 2.12. The predicted octanol–water partition coefficient (Wildman–Crippen LogP) is 0.447. The molecule has 0 unspecified atom stereocenters. The van der Waals surface area contributed by atoms with Gasteiger partial charge in [-0.3, -0.25) is 0 Å². The molecule has 0 aliphatic rings. The number of sulfonamides is 1. The highest BCUT2D eigenvalue weighted by Crippen LogP contribution is 2.27. The first-order valence-corrected chi connectivity index (χ1v) is 7.84. The van der Waals surface area contributed by atoms with Gasteiger partial charge in [0.1, 0.15) is 4.90 Å². The summed E-state index contributed by atoms with van der Waals surface area (Å²) < 4.78 is 30.3. The minimum absolute atomic E-state index is 0.0851. The van der Waals surface area contributed by atoms with Gasteiger partial charge in [-0.1, -0.05) is 0 Å². The van der Waals surface area contributed by atoms with E-state index in [9.17, 15) is 8.42 Å². The van der Waals surface area contributed by atoms with Crippen molar-refractivity contribution in [3.8, 4) is 0 Å². The number of hydrogen-bond donors (Lipinski definition) is 1. The molecule has 8 nitrogen and oxygen atoms in total. The van der Waals surface area contributed by atoms with E-state index >= 15 is 0 Å². The topological polar surface area (TPSA) is 91.6 Å². The van der Waals surface area contributed by atoms with Gasteiger partial charge in [0.2, 0.25) is 10.0 Å². The van der Waals surface area contributed by atoms with Crippen molar-refractivity contribution in [2.75, 3.05) is 46.6 Å². The maximum absolute atomic E-state index is 12.2. The molecule has 0 saturated carbocycles. The van der Waals surface area contributed by atoms with E-state index in [0.29, 0.717) is 17.7 Å². The first kappa shape index (κ1) is 15.7. The highest BCUT2D eigenvalue weighted by Gasteiger charge is 2.24. The Labute approximate surface area is 123 Å². The van der Waals surface area contributed by atoms with Crippen molar-refractivity contribution >= 4 is 26.7 Å². The van der Waals surface area contributed by atoms with Crippen LogP contribution in [-0.2, 0) is 10.0 Å². The van der Waals surface area contributed by atoms with Gasteiger partial charge in [-0.05, 0) is 36.5 Å². The molecule has 0 aliphatic heterocycles. The average molecular weight is 313 g/mol. The number of fused-ring (bicyclic) bond motifs is 1. The van der Waals surface area contributed by atoms with Crippen LogP contribution in [-0.4, -0.2) is 69.2 Å². The molecule has 0 atom stereocenters. The summed E-state index contributed by atoms with van der Waals surface area (Å²) in [6.07, 6.45) is 0. The van der Waals surface area contributed by atoms with Crippen LogP contribution in [0.1, 0.15) is 0 Å². The fourth-order valence-corrected chi connectivity index (χ4v) is 2.82. The molecule has 0 radical (unpaired) electrons. The van der Waals surface area contributed by atoms with Crippen molar-refractivity contribution in [1.29, 1.82) is 0 Å². The number of likely N-dealkylation sites (N-methyl/N-ethyl adjacent to an activating group) is 1. The second-order valence-corrected chi connectivity index (χ2v) is 7.21. The Morgan fingerprint density at radius 3 is 2.43 bits per heavy atom. The van der Waals surface area contributed by atoms with E-state index in [0.717, 1.165) is 10.8 Å². The van der Waals surface area contributed by atoms with Crippen molar-refractivity contribution in [2.45, 2.75) is 4.90 Å². The zero-order valence-corrected chi connectivity index (χ0v) is 13.3. The lowest BCUT2D eigenvalue weighted by Gasteiger charge is -2.13. The van der Waals surface area contributed by atoms with Crippen LogP contribution in [0.5, 0.6) is 0 Å². The third kappa shape index (κ3) is 3.14. The summed E-state index contributed by atoms with van der Waals surface area (Å²) in [6, 6.07) is 3.19. The number of aromatic nitrogens is 2. The second-order valence-electron chi connectivity index (χ2n) is 5.09. The van der Waals surface area contributed by atoms with Crippen LogP contribution in [0, 0.1) is 0 Å². The SMILES string of the molecule is CN(C)CCNc1ccc(S(=O)(=O)N(C)C)c2nonc12. The molecule has 9 heteroatoms. The summed E-state index contributed by atoms with van der Waals surface area (Å²) in [5, 5.41) is 10.7. The normalized spacial score (nSPS) is 12.5. The van der Waals surface area contributed by atoms with Gasteiger partial charge < -0.3 is 10.2 Å². The third-order valence-corrected chi connectivity index (χ3v) is 4.86. The second kappa shape index (κ2) is 5.96. The Hall–Kier alpha value is -1.71. The van der Waals surface area contributed by atoms with E-state index < -0.39 is 10.0 Å². The van der Waals surface area contributed by atoms with Gasteiger partial charge in [0.05, 0.1) is 5.69 Å². The molecule has 2 rings (SSSR count). The van der Waals surface area contributed by atoms with Crippen LogP contribution in [0.3, 0.4) is 0 Å². The fraction of sp³-hybridized carbons (Fsp3) is 0.500. The molecule has 2 aromatic rings. The standard InChI is InChI=1S/C12H19N5O3S/c1-16(2)8-7-13-9-5-6-10(21(18,19)17(3)4)12-11(9)14-20-15-12/h5-6,13H,7-8H2,1-4H3. The molecule has 1 heterocycles.